The highest BCUT2D eigenvalue weighted by Crippen LogP contribution is 2.25. The molecule has 0 bridgehead atoms. The molecule has 13 heavy (non-hydrogen) atoms. The molecule has 1 aromatic carbocycles. The van der Waals surface area contributed by atoms with Crippen LogP contribution < -0.4 is 4.74 Å². The normalized spacial score (nSPS) is 9.00. The van der Waals surface area contributed by atoms with Gasteiger partial charge in [-0.05, 0) is 12.1 Å². The van der Waals surface area contributed by atoms with Crippen LogP contribution in [0.4, 0.5) is 4.79 Å². The van der Waals surface area contributed by atoms with Crippen molar-refractivity contribution in [3.63, 3.8) is 0 Å². The number of carbonyl (C=O) groups is 1. The van der Waals surface area contributed by atoms with E-state index in [4.69, 9.17) is 28.5 Å². The molecule has 1 aromatic rings. The molecule has 0 radical (unpaired) electrons. The lowest BCUT2D eigenvalue weighted by Crippen LogP contribution is -1.98. The summed E-state index contributed by atoms with van der Waals surface area (Å²) in [6, 6.07) is 6.31. The number of benzene rings is 1. The smallest absolute Gasteiger partial charge is 0.409 e. The Kier molecular flexibility index (Phi) is 3.13. The first-order valence-corrected chi connectivity index (χ1v) is 3.96. The van der Waals surface area contributed by atoms with Gasteiger partial charge in [-0.2, -0.15) is 5.26 Å². The molecule has 0 fully saturated rings. The number of carbonyl (C=O) groups excluding carboxylic acids is 1. The van der Waals surface area contributed by atoms with Crippen molar-refractivity contribution in [1.29, 1.82) is 5.26 Å². The molecule has 0 heterocycles. The zero-order chi connectivity index (χ0) is 9.84. The van der Waals surface area contributed by atoms with E-state index in [9.17, 15) is 4.79 Å². The van der Waals surface area contributed by atoms with Crippen molar-refractivity contribution in [1.82, 2.24) is 0 Å². The van der Waals surface area contributed by atoms with Crippen molar-refractivity contribution >= 4 is 28.6 Å². The highest BCUT2D eigenvalue weighted by atomic mass is 35.5. The molecule has 0 aliphatic carbocycles. The lowest BCUT2D eigenvalue weighted by molar-refractivity contribution is 0.225. The predicted molar refractivity (Wildman–Crippen MR) is 48.0 cm³/mol. The van der Waals surface area contributed by atoms with Gasteiger partial charge in [-0.1, -0.05) is 17.7 Å². The molecule has 3 nitrogen and oxygen atoms in total. The number of ether oxygens (including phenoxy) is 1. The van der Waals surface area contributed by atoms with Crippen molar-refractivity contribution in [3.8, 4) is 11.8 Å². The van der Waals surface area contributed by atoms with E-state index in [0.29, 0.717) is 0 Å². The van der Waals surface area contributed by atoms with E-state index in [1.807, 2.05) is 0 Å². The van der Waals surface area contributed by atoms with Crippen LogP contribution in [0.2, 0.25) is 5.02 Å². The molecule has 0 N–H and O–H groups in total. The summed E-state index contributed by atoms with van der Waals surface area (Å²) in [7, 11) is 0. The first-order chi connectivity index (χ1) is 6.15. The number of rotatable bonds is 1. The minimum absolute atomic E-state index is 0.0648. The minimum Gasteiger partial charge on any atom is -0.413 e. The third-order valence-corrected chi connectivity index (χ3v) is 1.67. The van der Waals surface area contributed by atoms with Crippen LogP contribution in [-0.4, -0.2) is 5.43 Å². The number of nitrogens with zero attached hydrogens (tertiary/aromatic N) is 1. The molecule has 0 aromatic heterocycles. The molecule has 66 valence electrons. The largest absolute Gasteiger partial charge is 0.413 e. The Morgan fingerprint density at radius 2 is 2.23 bits per heavy atom. The van der Waals surface area contributed by atoms with Gasteiger partial charge in [0.25, 0.3) is 0 Å². The SMILES string of the molecule is N#Cc1c(Cl)cccc1OC(=O)Cl. The Morgan fingerprint density at radius 1 is 1.54 bits per heavy atom. The van der Waals surface area contributed by atoms with Crippen LogP contribution in [0.25, 0.3) is 0 Å². The van der Waals surface area contributed by atoms with Crippen molar-refractivity contribution in [3.05, 3.63) is 28.8 Å². The zero-order valence-electron chi connectivity index (χ0n) is 6.25. The summed E-state index contributed by atoms with van der Waals surface area (Å²) in [4.78, 5) is 10.4. The summed E-state index contributed by atoms with van der Waals surface area (Å²) in [5.41, 5.74) is -0.906. The van der Waals surface area contributed by atoms with Gasteiger partial charge in [0.15, 0.2) is 5.75 Å². The zero-order valence-corrected chi connectivity index (χ0v) is 7.76. The second-order valence-corrected chi connectivity index (χ2v) is 2.78. The fourth-order valence-corrected chi connectivity index (χ4v) is 1.08. The lowest BCUT2D eigenvalue weighted by atomic mass is 10.2. The molecular weight excluding hydrogens is 213 g/mol. The van der Waals surface area contributed by atoms with E-state index in [0.717, 1.165) is 0 Å². The molecule has 0 saturated heterocycles. The maximum atomic E-state index is 10.4. The quantitative estimate of drug-likeness (QED) is 0.678. The number of nitriles is 1. The number of hydrogen-bond acceptors (Lipinski definition) is 3. The number of halogens is 2. The van der Waals surface area contributed by atoms with Crippen molar-refractivity contribution < 1.29 is 9.53 Å². The van der Waals surface area contributed by atoms with Gasteiger partial charge in [0, 0.05) is 11.6 Å². The van der Waals surface area contributed by atoms with E-state index in [2.05, 4.69) is 4.74 Å². The molecule has 0 unspecified atom stereocenters. The summed E-state index contributed by atoms with van der Waals surface area (Å²) in [5.74, 6) is 0.0648. The average Bonchev–Trinajstić information content (AvgIpc) is 2.03. The van der Waals surface area contributed by atoms with Crippen molar-refractivity contribution in [2.24, 2.45) is 0 Å². The van der Waals surface area contributed by atoms with Crippen LogP contribution in [0.5, 0.6) is 5.75 Å². The topological polar surface area (TPSA) is 50.1 Å². The lowest BCUT2D eigenvalue weighted by Gasteiger charge is -2.02. The summed E-state index contributed by atoms with van der Waals surface area (Å²) >= 11 is 10.6. The molecule has 0 aliphatic heterocycles. The first kappa shape index (κ1) is 9.85. The summed E-state index contributed by atoms with van der Waals surface area (Å²) in [5, 5.41) is 8.86. The molecule has 0 aliphatic rings. The molecule has 5 heteroatoms. The van der Waals surface area contributed by atoms with Gasteiger partial charge in [-0.15, -0.1) is 0 Å². The summed E-state index contributed by atoms with van der Waals surface area (Å²) in [6.07, 6.45) is 0. The van der Waals surface area contributed by atoms with E-state index < -0.39 is 5.43 Å². The fraction of sp³-hybridized carbons (Fsp3) is 0. The van der Waals surface area contributed by atoms with Crippen LogP contribution in [-0.2, 0) is 0 Å². The third-order valence-electron chi connectivity index (χ3n) is 1.28. The van der Waals surface area contributed by atoms with Gasteiger partial charge in [0.1, 0.15) is 11.6 Å². The van der Waals surface area contributed by atoms with E-state index in [-0.39, 0.29) is 16.3 Å². The van der Waals surface area contributed by atoms with Crippen LogP contribution in [0.3, 0.4) is 0 Å². The Bertz CT molecular complexity index is 384. The Hall–Kier alpha value is -1.24. The van der Waals surface area contributed by atoms with Crippen LogP contribution in [0.1, 0.15) is 5.56 Å². The highest BCUT2D eigenvalue weighted by Gasteiger charge is 2.09. The molecule has 0 saturated carbocycles. The first-order valence-electron chi connectivity index (χ1n) is 3.21. The van der Waals surface area contributed by atoms with E-state index in [1.165, 1.54) is 12.1 Å². The second kappa shape index (κ2) is 4.13. The van der Waals surface area contributed by atoms with Crippen LogP contribution in [0.15, 0.2) is 18.2 Å². The Balaban J connectivity index is 3.14. The van der Waals surface area contributed by atoms with Crippen LogP contribution >= 0.6 is 23.2 Å². The molecular formula is C8H3Cl2NO2. The molecule has 1 rings (SSSR count). The van der Waals surface area contributed by atoms with Crippen molar-refractivity contribution in [2.45, 2.75) is 0 Å². The van der Waals surface area contributed by atoms with Crippen molar-refractivity contribution in [2.75, 3.05) is 0 Å². The predicted octanol–water partition coefficient (Wildman–Crippen LogP) is 2.95. The maximum Gasteiger partial charge on any atom is 0.409 e. The van der Waals surface area contributed by atoms with Gasteiger partial charge < -0.3 is 4.74 Å². The minimum atomic E-state index is -1.00. The van der Waals surface area contributed by atoms with Gasteiger partial charge in [0.2, 0.25) is 0 Å². The van der Waals surface area contributed by atoms with Crippen LogP contribution in [0, 0.1) is 11.3 Å². The number of hydrogen-bond donors (Lipinski definition) is 0. The summed E-state index contributed by atoms with van der Waals surface area (Å²) < 4.78 is 4.54. The molecule has 0 amide bonds. The Morgan fingerprint density at radius 3 is 2.77 bits per heavy atom. The Labute approximate surface area is 84.4 Å². The maximum absolute atomic E-state index is 10.4. The average molecular weight is 216 g/mol. The van der Waals surface area contributed by atoms with Gasteiger partial charge in [-0.3, -0.25) is 0 Å². The summed E-state index contributed by atoms with van der Waals surface area (Å²) in [6.45, 7) is 0. The van der Waals surface area contributed by atoms with Gasteiger partial charge >= 0.3 is 5.43 Å². The van der Waals surface area contributed by atoms with E-state index >= 15 is 0 Å². The standard InChI is InChI=1S/C8H3Cl2NO2/c9-6-2-1-3-7(5(6)4-11)13-8(10)12/h1-3H. The van der Waals surface area contributed by atoms with E-state index in [1.54, 1.807) is 12.1 Å². The highest BCUT2D eigenvalue weighted by molar-refractivity contribution is 6.61. The van der Waals surface area contributed by atoms with Gasteiger partial charge in [0.05, 0.1) is 5.02 Å². The molecule has 0 spiro atoms. The fourth-order valence-electron chi connectivity index (χ4n) is 0.784. The monoisotopic (exact) mass is 215 g/mol. The second-order valence-electron chi connectivity index (χ2n) is 2.06. The van der Waals surface area contributed by atoms with Gasteiger partial charge in [-0.25, -0.2) is 4.79 Å². The molecule has 0 atom stereocenters. The third kappa shape index (κ3) is 2.35.